The van der Waals surface area contributed by atoms with Gasteiger partial charge in [0.2, 0.25) is 0 Å². The molecule has 0 amide bonds. The summed E-state index contributed by atoms with van der Waals surface area (Å²) < 4.78 is 0. The number of hydrogen-bond donors (Lipinski definition) is 4. The largest absolute Gasteiger partial charge is 0.481 e. The van der Waals surface area contributed by atoms with Crippen molar-refractivity contribution in [2.45, 2.75) is 83.3 Å². The zero-order chi connectivity index (χ0) is 17.0. The second-order valence-electron chi connectivity index (χ2n) is 5.91. The molecule has 6 heteroatoms. The van der Waals surface area contributed by atoms with Crippen LogP contribution in [-0.2, 0) is 9.59 Å². The van der Waals surface area contributed by atoms with Crippen LogP contribution in [0.4, 0.5) is 0 Å². The lowest BCUT2D eigenvalue weighted by Gasteiger charge is -2.20. The molecule has 130 valence electrons. The molecule has 0 aliphatic rings. The molecule has 0 saturated heterocycles. The van der Waals surface area contributed by atoms with Crippen molar-refractivity contribution in [3.05, 3.63) is 0 Å². The Balaban J connectivity index is 3.91. The maximum absolute atomic E-state index is 10.9. The predicted octanol–water partition coefficient (Wildman–Crippen LogP) is 2.41. The molecule has 0 spiro atoms. The van der Waals surface area contributed by atoms with Gasteiger partial charge in [-0.3, -0.25) is 9.59 Å². The fourth-order valence-corrected chi connectivity index (χ4v) is 2.43. The highest BCUT2D eigenvalue weighted by atomic mass is 16.4. The van der Waals surface area contributed by atoms with E-state index in [0.717, 1.165) is 19.3 Å². The van der Waals surface area contributed by atoms with Crippen LogP contribution >= 0.6 is 0 Å². The minimum atomic E-state index is -1.26. The van der Waals surface area contributed by atoms with Crippen LogP contribution < -0.4 is 0 Å². The number of carboxylic acid groups (broad SMARTS) is 2. The molecule has 0 radical (unpaired) electrons. The number of carbonyl (C=O) groups is 2. The van der Waals surface area contributed by atoms with Crippen molar-refractivity contribution in [2.24, 2.45) is 5.92 Å². The Hall–Kier alpha value is -1.14. The molecule has 0 aromatic rings. The van der Waals surface area contributed by atoms with Gasteiger partial charge in [-0.2, -0.15) is 0 Å². The first-order valence-corrected chi connectivity index (χ1v) is 8.19. The number of aliphatic hydroxyl groups is 2. The Morgan fingerprint density at radius 3 is 1.91 bits per heavy atom. The molecule has 6 nitrogen and oxygen atoms in total. The van der Waals surface area contributed by atoms with Gasteiger partial charge in [-0.25, -0.2) is 0 Å². The molecule has 0 fully saturated rings. The van der Waals surface area contributed by atoms with Crippen LogP contribution in [0.5, 0.6) is 0 Å². The number of unbranched alkanes of at least 4 members (excludes halogenated alkanes) is 6. The predicted molar refractivity (Wildman–Crippen MR) is 82.6 cm³/mol. The summed E-state index contributed by atoms with van der Waals surface area (Å²) in [6, 6.07) is 0. The standard InChI is InChI=1S/C16H30O6/c1-2-3-4-5-6-7-8-9-13(17)14(18)10-12(16(21)22)11-15(19)20/h12-14,17-18H,2-11H2,1H3,(H,19,20)(H,21,22). The molecule has 3 atom stereocenters. The summed E-state index contributed by atoms with van der Waals surface area (Å²) in [5, 5.41) is 37.2. The summed E-state index contributed by atoms with van der Waals surface area (Å²) >= 11 is 0. The zero-order valence-corrected chi connectivity index (χ0v) is 13.4. The minimum Gasteiger partial charge on any atom is -0.481 e. The fraction of sp³-hybridized carbons (Fsp3) is 0.875. The van der Waals surface area contributed by atoms with Crippen molar-refractivity contribution >= 4 is 11.9 Å². The maximum Gasteiger partial charge on any atom is 0.307 e. The lowest BCUT2D eigenvalue weighted by Crippen LogP contribution is -2.31. The van der Waals surface area contributed by atoms with Crippen molar-refractivity contribution in [1.29, 1.82) is 0 Å². The molecule has 0 aromatic heterocycles. The van der Waals surface area contributed by atoms with Crippen molar-refractivity contribution in [3.63, 3.8) is 0 Å². The second-order valence-corrected chi connectivity index (χ2v) is 5.91. The van der Waals surface area contributed by atoms with Gasteiger partial charge in [-0.15, -0.1) is 0 Å². The highest BCUT2D eigenvalue weighted by Crippen LogP contribution is 2.18. The molecule has 0 saturated carbocycles. The quantitative estimate of drug-likeness (QED) is 0.366. The summed E-state index contributed by atoms with van der Waals surface area (Å²) in [5.41, 5.74) is 0. The fourth-order valence-electron chi connectivity index (χ4n) is 2.43. The third-order valence-corrected chi connectivity index (χ3v) is 3.84. The van der Waals surface area contributed by atoms with Crippen molar-refractivity contribution in [3.8, 4) is 0 Å². The SMILES string of the molecule is CCCCCCCCCC(O)C(O)CC(CC(=O)O)C(=O)O. The van der Waals surface area contributed by atoms with Crippen LogP contribution in [0, 0.1) is 5.92 Å². The Kier molecular flexibility index (Phi) is 11.8. The summed E-state index contributed by atoms with van der Waals surface area (Å²) in [6.45, 7) is 2.16. The molecule has 3 unspecified atom stereocenters. The minimum absolute atomic E-state index is 0.237. The van der Waals surface area contributed by atoms with Gasteiger partial charge < -0.3 is 20.4 Å². The van der Waals surface area contributed by atoms with Gasteiger partial charge in [-0.1, -0.05) is 51.9 Å². The molecule has 0 rings (SSSR count). The third kappa shape index (κ3) is 10.6. The first kappa shape index (κ1) is 20.9. The zero-order valence-electron chi connectivity index (χ0n) is 13.4. The lowest BCUT2D eigenvalue weighted by molar-refractivity contribution is -0.150. The molecule has 0 aromatic carbocycles. The van der Waals surface area contributed by atoms with Crippen LogP contribution in [0.2, 0.25) is 0 Å². The van der Waals surface area contributed by atoms with E-state index in [9.17, 15) is 19.8 Å². The summed E-state index contributed by atoms with van der Waals surface area (Å²) in [6.07, 6.45) is 5.12. The topological polar surface area (TPSA) is 115 Å². The van der Waals surface area contributed by atoms with Gasteiger partial charge in [0.15, 0.2) is 0 Å². The van der Waals surface area contributed by atoms with E-state index >= 15 is 0 Å². The summed E-state index contributed by atoms with van der Waals surface area (Å²) in [4.78, 5) is 21.5. The number of hydrogen-bond acceptors (Lipinski definition) is 4. The van der Waals surface area contributed by atoms with Gasteiger partial charge in [-0.05, 0) is 12.8 Å². The van der Waals surface area contributed by atoms with Gasteiger partial charge >= 0.3 is 11.9 Å². The molecule has 0 bridgehead atoms. The normalized spacial score (nSPS) is 15.2. The molecule has 0 heterocycles. The van der Waals surface area contributed by atoms with Gasteiger partial charge in [0, 0.05) is 0 Å². The Bertz CT molecular complexity index is 318. The van der Waals surface area contributed by atoms with Crippen LogP contribution in [0.25, 0.3) is 0 Å². The van der Waals surface area contributed by atoms with Crippen molar-refractivity contribution in [1.82, 2.24) is 0 Å². The van der Waals surface area contributed by atoms with Crippen LogP contribution in [0.3, 0.4) is 0 Å². The average molecular weight is 318 g/mol. The van der Waals surface area contributed by atoms with Gasteiger partial charge in [0.05, 0.1) is 24.5 Å². The Morgan fingerprint density at radius 2 is 1.41 bits per heavy atom. The van der Waals surface area contributed by atoms with E-state index in [1.165, 1.54) is 25.7 Å². The maximum atomic E-state index is 10.9. The van der Waals surface area contributed by atoms with Crippen LogP contribution in [0.15, 0.2) is 0 Å². The highest BCUT2D eigenvalue weighted by molar-refractivity contribution is 5.77. The Morgan fingerprint density at radius 1 is 0.864 bits per heavy atom. The first-order chi connectivity index (χ1) is 10.4. The summed E-state index contributed by atoms with van der Waals surface area (Å²) in [7, 11) is 0. The smallest absolute Gasteiger partial charge is 0.307 e. The van der Waals surface area contributed by atoms with Crippen molar-refractivity contribution in [2.75, 3.05) is 0 Å². The highest BCUT2D eigenvalue weighted by Gasteiger charge is 2.27. The molecular weight excluding hydrogens is 288 g/mol. The summed E-state index contributed by atoms with van der Waals surface area (Å²) in [5.74, 6) is -3.65. The molecular formula is C16H30O6. The molecule has 22 heavy (non-hydrogen) atoms. The molecule has 0 aliphatic carbocycles. The monoisotopic (exact) mass is 318 g/mol. The molecule has 0 aliphatic heterocycles. The number of aliphatic carboxylic acids is 2. The average Bonchev–Trinajstić information content (AvgIpc) is 2.44. The van der Waals surface area contributed by atoms with Gasteiger partial charge in [0.1, 0.15) is 0 Å². The number of aliphatic hydroxyl groups excluding tert-OH is 2. The van der Waals surface area contributed by atoms with E-state index in [-0.39, 0.29) is 6.42 Å². The van der Waals surface area contributed by atoms with E-state index in [2.05, 4.69) is 6.92 Å². The lowest BCUT2D eigenvalue weighted by atomic mass is 9.93. The van der Waals surface area contributed by atoms with Crippen LogP contribution in [0.1, 0.15) is 71.1 Å². The van der Waals surface area contributed by atoms with Crippen molar-refractivity contribution < 1.29 is 30.0 Å². The van der Waals surface area contributed by atoms with E-state index in [1.54, 1.807) is 0 Å². The van der Waals surface area contributed by atoms with Gasteiger partial charge in [0.25, 0.3) is 0 Å². The Labute approximate surface area is 132 Å². The van der Waals surface area contributed by atoms with Crippen LogP contribution in [-0.4, -0.2) is 44.6 Å². The number of carboxylic acids is 2. The molecule has 4 N–H and O–H groups in total. The van der Waals surface area contributed by atoms with E-state index in [1.807, 2.05) is 0 Å². The third-order valence-electron chi connectivity index (χ3n) is 3.84. The second kappa shape index (κ2) is 12.4. The first-order valence-electron chi connectivity index (χ1n) is 8.19. The van der Waals surface area contributed by atoms with E-state index in [0.29, 0.717) is 6.42 Å². The van der Waals surface area contributed by atoms with E-state index < -0.39 is 36.5 Å². The van der Waals surface area contributed by atoms with E-state index in [4.69, 9.17) is 10.2 Å². The number of rotatable bonds is 14.